The molecule has 0 aliphatic rings. The molecule has 0 aliphatic carbocycles. The Balaban J connectivity index is 1.41. The number of rotatable bonds is 8. The lowest BCUT2D eigenvalue weighted by molar-refractivity contribution is -0.0508. The number of alkyl halides is 2. The van der Waals surface area contributed by atoms with Crippen LogP contribution >= 0.6 is 0 Å². The highest BCUT2D eigenvalue weighted by Crippen LogP contribution is 2.27. The summed E-state index contributed by atoms with van der Waals surface area (Å²) in [6.45, 7) is -2.72. The minimum atomic E-state index is -2.93. The van der Waals surface area contributed by atoms with Gasteiger partial charge in [0, 0.05) is 17.5 Å². The first-order valence-corrected chi connectivity index (χ1v) is 9.91. The Hall–Kier alpha value is -4.21. The first kappa shape index (κ1) is 22.0. The van der Waals surface area contributed by atoms with Crippen molar-refractivity contribution in [2.45, 2.75) is 19.8 Å². The molecule has 2 amide bonds. The molecule has 0 bridgehead atoms. The number of fused-ring (bicyclic) bond motifs is 1. The molecule has 0 saturated heterocycles. The summed E-state index contributed by atoms with van der Waals surface area (Å²) in [6, 6.07) is 16.7. The molecule has 3 aromatic carbocycles. The van der Waals surface area contributed by atoms with E-state index >= 15 is 0 Å². The van der Waals surface area contributed by atoms with Crippen LogP contribution in [0.25, 0.3) is 10.9 Å². The van der Waals surface area contributed by atoms with Crippen LogP contribution in [0.2, 0.25) is 0 Å². The number of nitrogens with one attached hydrogen (secondary N) is 3. The molecule has 0 saturated carbocycles. The number of para-hydroxylation sites is 1. The minimum Gasteiger partial charge on any atom is -0.489 e. The van der Waals surface area contributed by atoms with Crippen LogP contribution in [0.4, 0.5) is 23.8 Å². The number of hydrogen-bond acceptors (Lipinski definition) is 4. The molecular formula is C23H19F3N4O3. The summed E-state index contributed by atoms with van der Waals surface area (Å²) in [5.41, 5.74) is 1.87. The largest absolute Gasteiger partial charge is 0.489 e. The van der Waals surface area contributed by atoms with E-state index in [4.69, 9.17) is 4.74 Å². The van der Waals surface area contributed by atoms with Crippen LogP contribution in [-0.4, -0.2) is 22.8 Å². The summed E-state index contributed by atoms with van der Waals surface area (Å²) in [5.74, 6) is 0.422. The lowest BCUT2D eigenvalue weighted by Crippen LogP contribution is -2.28. The molecule has 33 heavy (non-hydrogen) atoms. The van der Waals surface area contributed by atoms with Gasteiger partial charge in [-0.05, 0) is 42.0 Å². The molecular weight excluding hydrogens is 437 g/mol. The predicted octanol–water partition coefficient (Wildman–Crippen LogP) is 5.20. The monoisotopic (exact) mass is 456 g/mol. The van der Waals surface area contributed by atoms with Crippen LogP contribution in [0.15, 0.2) is 66.7 Å². The smallest absolute Gasteiger partial charge is 0.387 e. The summed E-state index contributed by atoms with van der Waals surface area (Å²) >= 11 is 0. The summed E-state index contributed by atoms with van der Waals surface area (Å²) in [4.78, 5) is 12.3. The van der Waals surface area contributed by atoms with Gasteiger partial charge in [-0.3, -0.25) is 10.4 Å². The average molecular weight is 456 g/mol. The normalized spacial score (nSPS) is 10.9. The fourth-order valence-electron chi connectivity index (χ4n) is 3.11. The number of aromatic nitrogens is 2. The van der Waals surface area contributed by atoms with Crippen LogP contribution in [0.5, 0.6) is 11.5 Å². The van der Waals surface area contributed by atoms with Crippen LogP contribution in [0.3, 0.4) is 0 Å². The van der Waals surface area contributed by atoms with Crippen molar-refractivity contribution < 1.29 is 27.4 Å². The molecule has 0 aliphatic heterocycles. The van der Waals surface area contributed by atoms with E-state index < -0.39 is 12.6 Å². The van der Waals surface area contributed by atoms with Crippen molar-refractivity contribution in [2.24, 2.45) is 0 Å². The van der Waals surface area contributed by atoms with Crippen molar-refractivity contribution in [3.63, 3.8) is 0 Å². The maximum absolute atomic E-state index is 13.0. The van der Waals surface area contributed by atoms with E-state index in [0.29, 0.717) is 22.2 Å². The Labute approximate surface area is 186 Å². The van der Waals surface area contributed by atoms with Gasteiger partial charge in [0.1, 0.15) is 23.9 Å². The Morgan fingerprint density at radius 2 is 1.85 bits per heavy atom. The number of aromatic amines is 1. The van der Waals surface area contributed by atoms with E-state index in [0.717, 1.165) is 5.56 Å². The number of halogens is 3. The predicted molar refractivity (Wildman–Crippen MR) is 116 cm³/mol. The molecule has 10 heteroatoms. The van der Waals surface area contributed by atoms with Gasteiger partial charge in [0.05, 0.1) is 5.52 Å². The summed E-state index contributed by atoms with van der Waals surface area (Å²) in [5, 5.41) is 12.8. The molecule has 7 nitrogen and oxygen atoms in total. The number of ether oxygens (including phenoxy) is 2. The Bertz CT molecular complexity index is 1250. The van der Waals surface area contributed by atoms with Crippen LogP contribution in [0, 0.1) is 5.82 Å². The van der Waals surface area contributed by atoms with Gasteiger partial charge in [0.25, 0.3) is 0 Å². The van der Waals surface area contributed by atoms with Crippen LogP contribution < -0.4 is 20.1 Å². The topological polar surface area (TPSA) is 88.3 Å². The van der Waals surface area contributed by atoms with E-state index in [9.17, 15) is 18.0 Å². The molecule has 4 aromatic rings. The zero-order valence-electron chi connectivity index (χ0n) is 17.1. The molecule has 0 unspecified atom stereocenters. The van der Waals surface area contributed by atoms with Crippen molar-refractivity contribution in [3.8, 4) is 11.5 Å². The SMILES string of the molecule is O=C(NCc1ccc(F)cc1)Nc1n[nH]c2ccc(OCc3ccccc3OC(F)F)cc12. The minimum absolute atomic E-state index is 0.00711. The van der Waals surface area contributed by atoms with Gasteiger partial charge < -0.3 is 14.8 Å². The van der Waals surface area contributed by atoms with Crippen molar-refractivity contribution in [1.82, 2.24) is 15.5 Å². The second-order valence-corrected chi connectivity index (χ2v) is 6.99. The number of H-pyrrole nitrogens is 1. The van der Waals surface area contributed by atoms with Gasteiger partial charge >= 0.3 is 12.6 Å². The average Bonchev–Trinajstić information content (AvgIpc) is 3.19. The first-order chi connectivity index (χ1) is 16.0. The van der Waals surface area contributed by atoms with Gasteiger partial charge in [-0.25, -0.2) is 9.18 Å². The molecule has 0 radical (unpaired) electrons. The van der Waals surface area contributed by atoms with Crippen molar-refractivity contribution in [3.05, 3.63) is 83.7 Å². The first-order valence-electron chi connectivity index (χ1n) is 9.91. The van der Waals surface area contributed by atoms with Gasteiger partial charge in [0.15, 0.2) is 5.82 Å². The van der Waals surface area contributed by atoms with Crippen molar-refractivity contribution in [2.75, 3.05) is 5.32 Å². The van der Waals surface area contributed by atoms with Crippen LogP contribution in [0.1, 0.15) is 11.1 Å². The standard InChI is InChI=1S/C23H19F3N4O3/c24-16-7-5-14(6-8-16)12-27-23(31)28-21-18-11-17(9-10-19(18)29-30-21)32-13-15-3-1-2-4-20(15)33-22(25)26/h1-11,22H,12-13H2,(H3,27,28,29,30,31). The third-order valence-electron chi connectivity index (χ3n) is 4.72. The third-order valence-corrected chi connectivity index (χ3v) is 4.72. The molecule has 3 N–H and O–H groups in total. The van der Waals surface area contributed by atoms with Crippen molar-refractivity contribution in [1.29, 1.82) is 0 Å². The molecule has 4 rings (SSSR count). The number of benzene rings is 3. The quantitative estimate of drug-likeness (QED) is 0.340. The highest BCUT2D eigenvalue weighted by Gasteiger charge is 2.12. The highest BCUT2D eigenvalue weighted by molar-refractivity contribution is 5.99. The number of amides is 2. The van der Waals surface area contributed by atoms with Gasteiger partial charge in [-0.1, -0.05) is 30.3 Å². The fourth-order valence-corrected chi connectivity index (χ4v) is 3.11. The van der Waals surface area contributed by atoms with Gasteiger partial charge in [-0.15, -0.1) is 0 Å². The Morgan fingerprint density at radius 3 is 2.64 bits per heavy atom. The summed E-state index contributed by atoms with van der Waals surface area (Å²) in [7, 11) is 0. The second-order valence-electron chi connectivity index (χ2n) is 6.99. The molecule has 1 aromatic heterocycles. The van der Waals surface area contributed by atoms with E-state index in [1.54, 1.807) is 48.5 Å². The zero-order valence-corrected chi connectivity index (χ0v) is 17.1. The number of hydrogen-bond donors (Lipinski definition) is 3. The van der Waals surface area contributed by atoms with Gasteiger partial charge in [0.2, 0.25) is 0 Å². The van der Waals surface area contributed by atoms with Gasteiger partial charge in [-0.2, -0.15) is 13.9 Å². The van der Waals surface area contributed by atoms with Crippen LogP contribution in [-0.2, 0) is 13.2 Å². The highest BCUT2D eigenvalue weighted by atomic mass is 19.3. The maximum Gasteiger partial charge on any atom is 0.387 e. The number of anilines is 1. The number of nitrogens with zero attached hydrogens (tertiary/aromatic N) is 1. The molecule has 0 fully saturated rings. The van der Waals surface area contributed by atoms with E-state index in [2.05, 4.69) is 25.6 Å². The number of carbonyl (C=O) groups is 1. The summed E-state index contributed by atoms with van der Waals surface area (Å²) < 4.78 is 48.4. The van der Waals surface area contributed by atoms with E-state index in [-0.39, 0.29) is 30.5 Å². The van der Waals surface area contributed by atoms with Crippen molar-refractivity contribution >= 4 is 22.8 Å². The second kappa shape index (κ2) is 9.94. The lowest BCUT2D eigenvalue weighted by atomic mass is 10.2. The molecule has 0 atom stereocenters. The number of urea groups is 1. The third kappa shape index (κ3) is 5.73. The Morgan fingerprint density at radius 1 is 1.06 bits per heavy atom. The van der Waals surface area contributed by atoms with E-state index in [1.165, 1.54) is 18.2 Å². The molecule has 0 spiro atoms. The Kier molecular flexibility index (Phi) is 6.63. The zero-order chi connectivity index (χ0) is 23.2. The lowest BCUT2D eigenvalue weighted by Gasteiger charge is -2.12. The molecule has 170 valence electrons. The number of carbonyl (C=O) groups excluding carboxylic acids is 1. The maximum atomic E-state index is 13.0. The molecule has 1 heterocycles. The summed E-state index contributed by atoms with van der Waals surface area (Å²) in [6.07, 6.45) is 0. The fraction of sp³-hybridized carbons (Fsp3) is 0.130. The van der Waals surface area contributed by atoms with E-state index in [1.807, 2.05) is 0 Å².